The maximum Gasteiger partial charge on any atom is 0.255 e. The summed E-state index contributed by atoms with van der Waals surface area (Å²) in [6.45, 7) is 3.01. The van der Waals surface area contributed by atoms with Crippen molar-refractivity contribution in [3.05, 3.63) is 17.5 Å². The van der Waals surface area contributed by atoms with Gasteiger partial charge in [0.05, 0.1) is 11.5 Å². The van der Waals surface area contributed by atoms with Crippen LogP contribution >= 0.6 is 11.3 Å². The van der Waals surface area contributed by atoms with E-state index in [0.29, 0.717) is 5.96 Å². The Bertz CT molecular complexity index is 400. The van der Waals surface area contributed by atoms with Crippen LogP contribution in [0.3, 0.4) is 0 Å². The lowest BCUT2D eigenvalue weighted by Gasteiger charge is -2.36. The Balaban J connectivity index is 1.84. The summed E-state index contributed by atoms with van der Waals surface area (Å²) in [6.07, 6.45) is -2.36. The number of thiophene rings is 1. The smallest absolute Gasteiger partial charge is 0.255 e. The van der Waals surface area contributed by atoms with Gasteiger partial charge < -0.3 is 15.1 Å². The lowest BCUT2D eigenvalue weighted by atomic mass is 10.3. The molecule has 0 spiro atoms. The zero-order chi connectivity index (χ0) is 13.7. The summed E-state index contributed by atoms with van der Waals surface area (Å²) in [5, 5.41) is 6.02. The van der Waals surface area contributed by atoms with Gasteiger partial charge in [0.1, 0.15) is 0 Å². The largest absolute Gasteiger partial charge is 0.360 e. The van der Waals surface area contributed by atoms with Crippen LogP contribution < -0.4 is 10.2 Å². The minimum atomic E-state index is -2.36. The predicted octanol–water partition coefficient (Wildman–Crippen LogP) is 1.71. The molecule has 19 heavy (non-hydrogen) atoms. The van der Waals surface area contributed by atoms with Crippen LogP contribution in [0.2, 0.25) is 0 Å². The highest BCUT2D eigenvalue weighted by molar-refractivity contribution is 7.14. The monoisotopic (exact) mass is 288 g/mol. The summed E-state index contributed by atoms with van der Waals surface area (Å²) < 4.78 is 24.4. The quantitative estimate of drug-likeness (QED) is 0.678. The minimum Gasteiger partial charge on any atom is -0.360 e. The fraction of sp³-hybridized carbons (Fsp3) is 0.583. The van der Waals surface area contributed by atoms with E-state index in [1.54, 1.807) is 18.4 Å². The summed E-state index contributed by atoms with van der Waals surface area (Å²) in [4.78, 5) is 8.38. The summed E-state index contributed by atoms with van der Waals surface area (Å²) in [5.41, 5.74) is 0. The van der Waals surface area contributed by atoms with Crippen molar-refractivity contribution in [2.24, 2.45) is 4.99 Å². The summed E-state index contributed by atoms with van der Waals surface area (Å²) in [7, 11) is 1.62. The highest BCUT2D eigenvalue weighted by Crippen LogP contribution is 2.22. The second kappa shape index (κ2) is 6.70. The van der Waals surface area contributed by atoms with Gasteiger partial charge in [0.15, 0.2) is 5.96 Å². The third kappa shape index (κ3) is 3.79. The van der Waals surface area contributed by atoms with E-state index in [1.165, 1.54) is 5.00 Å². The van der Waals surface area contributed by atoms with Crippen LogP contribution in [-0.2, 0) is 0 Å². The van der Waals surface area contributed by atoms with Gasteiger partial charge in [-0.05, 0) is 17.5 Å². The first-order valence-corrected chi connectivity index (χ1v) is 7.11. The second-order valence-corrected chi connectivity index (χ2v) is 5.17. The number of nitrogens with zero attached hydrogens (tertiary/aromatic N) is 3. The number of nitrogens with one attached hydrogen (secondary N) is 1. The third-order valence-corrected chi connectivity index (χ3v) is 3.95. The topological polar surface area (TPSA) is 30.9 Å². The number of hydrogen-bond donors (Lipinski definition) is 1. The lowest BCUT2D eigenvalue weighted by molar-refractivity contribution is 0.150. The van der Waals surface area contributed by atoms with Gasteiger partial charge in [0.2, 0.25) is 0 Å². The SMILES string of the molecule is CN=C(NCC(F)F)N1CCN(c2cccs2)CC1. The molecular weight excluding hydrogens is 270 g/mol. The van der Waals surface area contributed by atoms with Gasteiger partial charge in [-0.25, -0.2) is 8.78 Å². The summed E-state index contributed by atoms with van der Waals surface area (Å²) in [6, 6.07) is 4.14. The number of aliphatic imine (C=N–C) groups is 1. The van der Waals surface area contributed by atoms with Crippen LogP contribution in [0.5, 0.6) is 0 Å². The van der Waals surface area contributed by atoms with Crippen molar-refractivity contribution in [1.29, 1.82) is 0 Å². The Morgan fingerprint density at radius 1 is 1.42 bits per heavy atom. The molecule has 7 heteroatoms. The molecular formula is C12H18F2N4S. The van der Waals surface area contributed by atoms with Crippen LogP contribution in [0.1, 0.15) is 0 Å². The molecule has 2 rings (SSSR count). The first-order valence-electron chi connectivity index (χ1n) is 6.23. The molecule has 2 heterocycles. The maximum atomic E-state index is 12.2. The fourth-order valence-corrected chi connectivity index (χ4v) is 2.87. The minimum absolute atomic E-state index is 0.349. The van der Waals surface area contributed by atoms with Crippen molar-refractivity contribution < 1.29 is 8.78 Å². The molecule has 0 aromatic carbocycles. The van der Waals surface area contributed by atoms with E-state index in [0.717, 1.165) is 26.2 Å². The van der Waals surface area contributed by atoms with E-state index in [1.807, 2.05) is 11.0 Å². The Kier molecular flexibility index (Phi) is 4.95. The number of piperazine rings is 1. The standard InChI is InChI=1S/C12H18F2N4S/c1-15-12(16-9-10(13)14)18-6-4-17(5-7-18)11-3-2-8-19-11/h2-3,8,10H,4-7,9H2,1H3,(H,15,16). The molecule has 1 aliphatic heterocycles. The third-order valence-electron chi connectivity index (χ3n) is 3.02. The van der Waals surface area contributed by atoms with Gasteiger partial charge in [0.25, 0.3) is 6.43 Å². The first-order chi connectivity index (χ1) is 9.20. The Morgan fingerprint density at radius 2 is 2.16 bits per heavy atom. The normalized spacial score (nSPS) is 17.2. The van der Waals surface area contributed by atoms with E-state index in [-0.39, 0.29) is 6.54 Å². The van der Waals surface area contributed by atoms with E-state index >= 15 is 0 Å². The van der Waals surface area contributed by atoms with Crippen molar-refractivity contribution in [1.82, 2.24) is 10.2 Å². The van der Waals surface area contributed by atoms with Crippen LogP contribution in [-0.4, -0.2) is 57.1 Å². The van der Waals surface area contributed by atoms with Gasteiger partial charge >= 0.3 is 0 Å². The molecule has 1 N–H and O–H groups in total. The molecule has 0 bridgehead atoms. The van der Waals surface area contributed by atoms with Crippen molar-refractivity contribution in [2.75, 3.05) is 44.7 Å². The van der Waals surface area contributed by atoms with E-state index in [9.17, 15) is 8.78 Å². The Labute approximate surface area is 115 Å². The number of halogens is 2. The molecule has 1 aliphatic rings. The average Bonchev–Trinajstić information content (AvgIpc) is 2.94. The highest BCUT2D eigenvalue weighted by atomic mass is 32.1. The molecule has 1 aromatic heterocycles. The van der Waals surface area contributed by atoms with Gasteiger partial charge in [-0.3, -0.25) is 4.99 Å². The van der Waals surface area contributed by atoms with Crippen molar-refractivity contribution >= 4 is 22.3 Å². The van der Waals surface area contributed by atoms with Crippen LogP contribution in [0.25, 0.3) is 0 Å². The molecule has 1 fully saturated rings. The summed E-state index contributed by atoms with van der Waals surface area (Å²) >= 11 is 1.72. The Morgan fingerprint density at radius 3 is 2.68 bits per heavy atom. The van der Waals surface area contributed by atoms with Gasteiger partial charge in [-0.2, -0.15) is 0 Å². The van der Waals surface area contributed by atoms with E-state index in [4.69, 9.17) is 0 Å². The molecule has 0 amide bonds. The van der Waals surface area contributed by atoms with Gasteiger partial charge in [-0.15, -0.1) is 11.3 Å². The number of rotatable bonds is 3. The van der Waals surface area contributed by atoms with Gasteiger partial charge in [-0.1, -0.05) is 0 Å². The molecule has 1 aromatic rings. The van der Waals surface area contributed by atoms with Crippen molar-refractivity contribution in [2.45, 2.75) is 6.43 Å². The number of anilines is 1. The number of guanidine groups is 1. The lowest BCUT2D eigenvalue weighted by Crippen LogP contribution is -2.53. The molecule has 0 aliphatic carbocycles. The zero-order valence-corrected chi connectivity index (χ0v) is 11.7. The summed E-state index contributed by atoms with van der Waals surface area (Å²) in [5.74, 6) is 0.561. The van der Waals surface area contributed by atoms with E-state index in [2.05, 4.69) is 26.7 Å². The second-order valence-electron chi connectivity index (χ2n) is 4.24. The van der Waals surface area contributed by atoms with Crippen LogP contribution in [0, 0.1) is 0 Å². The highest BCUT2D eigenvalue weighted by Gasteiger charge is 2.20. The first kappa shape index (κ1) is 14.0. The number of alkyl halides is 2. The maximum absolute atomic E-state index is 12.2. The molecule has 4 nitrogen and oxygen atoms in total. The zero-order valence-electron chi connectivity index (χ0n) is 10.9. The van der Waals surface area contributed by atoms with Crippen molar-refractivity contribution in [3.63, 3.8) is 0 Å². The fourth-order valence-electron chi connectivity index (χ4n) is 2.09. The molecule has 106 valence electrons. The number of hydrogen-bond acceptors (Lipinski definition) is 3. The molecule has 0 saturated carbocycles. The molecule has 0 radical (unpaired) electrons. The molecule has 0 unspecified atom stereocenters. The van der Waals surface area contributed by atoms with Crippen LogP contribution in [0.4, 0.5) is 13.8 Å². The molecule has 0 atom stereocenters. The van der Waals surface area contributed by atoms with Gasteiger partial charge in [0, 0.05) is 33.2 Å². The van der Waals surface area contributed by atoms with Crippen LogP contribution in [0.15, 0.2) is 22.5 Å². The molecule has 1 saturated heterocycles. The Hall–Kier alpha value is -1.37. The average molecular weight is 288 g/mol. The van der Waals surface area contributed by atoms with Crippen molar-refractivity contribution in [3.8, 4) is 0 Å². The predicted molar refractivity (Wildman–Crippen MR) is 75.5 cm³/mol. The van der Waals surface area contributed by atoms with E-state index < -0.39 is 6.43 Å².